The fourth-order valence-electron chi connectivity index (χ4n) is 4.55. The van der Waals surface area contributed by atoms with Crippen molar-refractivity contribution in [1.82, 2.24) is 29.6 Å². The lowest BCUT2D eigenvalue weighted by Crippen LogP contribution is -2.23. The first kappa shape index (κ1) is 22.9. The number of nitrogens with one attached hydrogen (secondary N) is 1. The van der Waals surface area contributed by atoms with Crippen LogP contribution in [0.2, 0.25) is 0 Å². The molecule has 37 heavy (non-hydrogen) atoms. The van der Waals surface area contributed by atoms with Gasteiger partial charge in [0, 0.05) is 60.1 Å². The lowest BCUT2D eigenvalue weighted by Gasteiger charge is -2.09. The van der Waals surface area contributed by atoms with Crippen molar-refractivity contribution in [3.63, 3.8) is 0 Å². The third-order valence-electron chi connectivity index (χ3n) is 6.69. The highest BCUT2D eigenvalue weighted by molar-refractivity contribution is 5.93. The van der Waals surface area contributed by atoms with Gasteiger partial charge in [-0.15, -0.1) is 0 Å². The largest absolute Gasteiger partial charge is 0.383 e. The van der Waals surface area contributed by atoms with Crippen molar-refractivity contribution in [1.29, 1.82) is 0 Å². The number of amides is 1. The third kappa shape index (κ3) is 4.80. The van der Waals surface area contributed by atoms with E-state index in [1.807, 2.05) is 16.9 Å². The van der Waals surface area contributed by atoms with Gasteiger partial charge in [0.25, 0.3) is 5.91 Å². The Morgan fingerprint density at radius 1 is 1.03 bits per heavy atom. The number of benzene rings is 2. The van der Waals surface area contributed by atoms with Crippen LogP contribution in [0.4, 0.5) is 10.2 Å². The SMILES string of the molecule is Nc1nccc2c(F)c(CNC(=O)c3cn(Cc4ccc(Cn5cccn5)cc4)c(C4CC4)n3)ccc12. The van der Waals surface area contributed by atoms with Gasteiger partial charge in [-0.1, -0.05) is 36.4 Å². The van der Waals surface area contributed by atoms with Crippen LogP contribution < -0.4 is 11.1 Å². The molecule has 6 rings (SSSR count). The predicted octanol–water partition coefficient (Wildman–Crippen LogP) is 4.25. The maximum absolute atomic E-state index is 15.0. The number of halogens is 1. The molecule has 1 aliphatic rings. The molecule has 9 heteroatoms. The summed E-state index contributed by atoms with van der Waals surface area (Å²) in [7, 11) is 0. The van der Waals surface area contributed by atoms with E-state index in [0.717, 1.165) is 30.8 Å². The molecule has 8 nitrogen and oxygen atoms in total. The number of carbonyl (C=O) groups is 1. The summed E-state index contributed by atoms with van der Waals surface area (Å²) in [4.78, 5) is 21.6. The smallest absolute Gasteiger partial charge is 0.271 e. The number of nitrogen functional groups attached to an aromatic ring is 1. The summed E-state index contributed by atoms with van der Waals surface area (Å²) in [6.07, 6.45) is 9.12. The third-order valence-corrected chi connectivity index (χ3v) is 6.69. The minimum Gasteiger partial charge on any atom is -0.383 e. The van der Waals surface area contributed by atoms with Crippen LogP contribution in [0.15, 0.2) is 73.3 Å². The van der Waals surface area contributed by atoms with Crippen LogP contribution in [-0.2, 0) is 19.6 Å². The van der Waals surface area contributed by atoms with E-state index < -0.39 is 5.82 Å². The Balaban J connectivity index is 1.16. The van der Waals surface area contributed by atoms with E-state index >= 15 is 4.39 Å². The summed E-state index contributed by atoms with van der Waals surface area (Å²) in [6.45, 7) is 1.40. The molecular weight excluding hydrogens is 469 g/mol. The van der Waals surface area contributed by atoms with E-state index in [-0.39, 0.29) is 18.3 Å². The first-order valence-electron chi connectivity index (χ1n) is 12.3. The van der Waals surface area contributed by atoms with Gasteiger partial charge in [-0.05, 0) is 36.1 Å². The zero-order chi connectivity index (χ0) is 25.4. The minimum atomic E-state index is -0.410. The number of nitrogens with two attached hydrogens (primary N) is 1. The molecule has 1 aliphatic carbocycles. The Morgan fingerprint density at radius 3 is 2.54 bits per heavy atom. The predicted molar refractivity (Wildman–Crippen MR) is 138 cm³/mol. The van der Waals surface area contributed by atoms with Gasteiger partial charge in [0.05, 0.1) is 6.54 Å². The molecular formula is C28H26FN7O. The molecule has 2 aromatic carbocycles. The fraction of sp³-hybridized carbons (Fsp3) is 0.214. The number of rotatable bonds is 8. The summed E-state index contributed by atoms with van der Waals surface area (Å²) < 4.78 is 18.9. The van der Waals surface area contributed by atoms with Gasteiger partial charge in [0.1, 0.15) is 23.2 Å². The molecule has 0 aliphatic heterocycles. The van der Waals surface area contributed by atoms with Gasteiger partial charge in [-0.3, -0.25) is 9.48 Å². The number of aromatic nitrogens is 5. The van der Waals surface area contributed by atoms with Gasteiger partial charge in [0.15, 0.2) is 0 Å². The summed E-state index contributed by atoms with van der Waals surface area (Å²) in [5.41, 5.74) is 8.86. The Labute approximate surface area is 213 Å². The van der Waals surface area contributed by atoms with Crippen LogP contribution in [0.1, 0.15) is 51.8 Å². The van der Waals surface area contributed by atoms with Gasteiger partial charge >= 0.3 is 0 Å². The average Bonchev–Trinajstić information content (AvgIpc) is 3.45. The summed E-state index contributed by atoms with van der Waals surface area (Å²) in [6, 6.07) is 15.2. The topological polar surface area (TPSA) is 104 Å². The normalized spacial score (nSPS) is 13.2. The van der Waals surface area contributed by atoms with Gasteiger partial charge in [-0.2, -0.15) is 5.10 Å². The van der Waals surface area contributed by atoms with Gasteiger partial charge in [0.2, 0.25) is 0 Å². The number of hydrogen-bond acceptors (Lipinski definition) is 5. The quantitative estimate of drug-likeness (QED) is 0.335. The van der Waals surface area contributed by atoms with Crippen molar-refractivity contribution in [3.8, 4) is 0 Å². The molecule has 0 saturated heterocycles. The second-order valence-corrected chi connectivity index (χ2v) is 9.42. The van der Waals surface area contributed by atoms with E-state index in [1.165, 1.54) is 11.8 Å². The van der Waals surface area contributed by atoms with Crippen LogP contribution in [0.3, 0.4) is 0 Å². The molecule has 0 atom stereocenters. The standard InChI is InChI=1S/C28H26FN7O/c29-25-21(8-9-23-22(25)10-12-31-26(23)30)14-32-28(37)24-17-35(27(34-24)20-6-7-20)15-18-2-4-19(5-3-18)16-36-13-1-11-33-36/h1-5,8-13,17,20H,6-7,14-16H2,(H2,30,31)(H,32,37). The number of pyridine rings is 1. The first-order chi connectivity index (χ1) is 18.0. The molecule has 0 unspecified atom stereocenters. The lowest BCUT2D eigenvalue weighted by molar-refractivity contribution is 0.0946. The lowest BCUT2D eigenvalue weighted by atomic mass is 10.1. The van der Waals surface area contributed by atoms with E-state index in [9.17, 15) is 4.79 Å². The fourth-order valence-corrected chi connectivity index (χ4v) is 4.55. The zero-order valence-electron chi connectivity index (χ0n) is 20.1. The van der Waals surface area contributed by atoms with Crippen LogP contribution in [0.25, 0.3) is 10.8 Å². The van der Waals surface area contributed by atoms with E-state index in [0.29, 0.717) is 34.5 Å². The van der Waals surface area contributed by atoms with Crippen molar-refractivity contribution >= 4 is 22.5 Å². The van der Waals surface area contributed by atoms with Gasteiger partial charge < -0.3 is 15.6 Å². The van der Waals surface area contributed by atoms with Crippen LogP contribution in [-0.4, -0.2) is 30.2 Å². The maximum atomic E-state index is 15.0. The van der Waals surface area contributed by atoms with E-state index in [2.05, 4.69) is 49.2 Å². The second kappa shape index (κ2) is 9.50. The number of nitrogens with zero attached hydrogens (tertiary/aromatic N) is 5. The molecule has 5 aromatic rings. The highest BCUT2D eigenvalue weighted by atomic mass is 19.1. The molecule has 0 radical (unpaired) electrons. The molecule has 1 fully saturated rings. The zero-order valence-corrected chi connectivity index (χ0v) is 20.1. The monoisotopic (exact) mass is 495 g/mol. The van der Waals surface area contributed by atoms with Crippen molar-refractivity contribution in [3.05, 3.63) is 107 Å². The maximum Gasteiger partial charge on any atom is 0.271 e. The Kier molecular flexibility index (Phi) is 5.88. The number of anilines is 1. The molecule has 0 bridgehead atoms. The first-order valence-corrected chi connectivity index (χ1v) is 12.3. The number of imidazole rings is 1. The minimum absolute atomic E-state index is 0.0478. The molecule has 3 N–H and O–H groups in total. The Hall–Kier alpha value is -4.53. The Bertz CT molecular complexity index is 1570. The molecule has 3 heterocycles. The van der Waals surface area contributed by atoms with Gasteiger partial charge in [-0.25, -0.2) is 14.4 Å². The van der Waals surface area contributed by atoms with Crippen molar-refractivity contribution < 1.29 is 9.18 Å². The van der Waals surface area contributed by atoms with E-state index in [1.54, 1.807) is 30.6 Å². The highest BCUT2D eigenvalue weighted by Crippen LogP contribution is 2.39. The molecule has 1 saturated carbocycles. The summed E-state index contributed by atoms with van der Waals surface area (Å²) in [5, 5.41) is 8.01. The summed E-state index contributed by atoms with van der Waals surface area (Å²) in [5.74, 6) is 0.831. The molecule has 186 valence electrons. The van der Waals surface area contributed by atoms with Crippen molar-refractivity contribution in [2.24, 2.45) is 0 Å². The second-order valence-electron chi connectivity index (χ2n) is 9.42. The average molecular weight is 496 g/mol. The summed E-state index contributed by atoms with van der Waals surface area (Å²) >= 11 is 0. The molecule has 1 amide bonds. The van der Waals surface area contributed by atoms with E-state index in [4.69, 9.17) is 5.73 Å². The Morgan fingerprint density at radius 2 is 1.81 bits per heavy atom. The van der Waals surface area contributed by atoms with Crippen molar-refractivity contribution in [2.45, 2.75) is 38.4 Å². The van der Waals surface area contributed by atoms with Crippen LogP contribution >= 0.6 is 0 Å². The van der Waals surface area contributed by atoms with Crippen LogP contribution in [0, 0.1) is 5.82 Å². The highest BCUT2D eigenvalue weighted by Gasteiger charge is 2.30. The molecule has 3 aromatic heterocycles. The van der Waals surface area contributed by atoms with Crippen molar-refractivity contribution in [2.75, 3.05) is 5.73 Å². The number of hydrogen-bond donors (Lipinski definition) is 2. The van der Waals surface area contributed by atoms with Crippen LogP contribution in [0.5, 0.6) is 0 Å². The molecule has 0 spiro atoms. The number of fused-ring (bicyclic) bond motifs is 1. The number of carbonyl (C=O) groups excluding carboxylic acids is 1.